The van der Waals surface area contributed by atoms with E-state index >= 15 is 0 Å². The summed E-state index contributed by atoms with van der Waals surface area (Å²) < 4.78 is 4.95. The van der Waals surface area contributed by atoms with Gasteiger partial charge in [0, 0.05) is 38.2 Å². The fourth-order valence-corrected chi connectivity index (χ4v) is 4.17. The number of hydrogen-bond acceptors (Lipinski definition) is 6. The van der Waals surface area contributed by atoms with E-state index in [4.69, 9.17) is 4.74 Å². The van der Waals surface area contributed by atoms with E-state index in [0.717, 1.165) is 18.4 Å². The number of hydrogen-bond donors (Lipinski definition) is 1. The van der Waals surface area contributed by atoms with Crippen LogP contribution in [0, 0.1) is 0 Å². The lowest BCUT2D eigenvalue weighted by atomic mass is 9.89. The first-order valence-electron chi connectivity index (χ1n) is 7.85. The summed E-state index contributed by atoms with van der Waals surface area (Å²) >= 11 is 1.17. The van der Waals surface area contributed by atoms with Gasteiger partial charge in [-0.1, -0.05) is 0 Å². The standard InChI is InChI=1S/C16H19N3O4S/c1-23-9-4-11(20)19-7-2-10(3-8-19)12-13-15(18-6-5-17-13)24-14(12)16(21)22/h5-6,10H,2-4,7-9H2,1H3,(H,21,22). The number of thiophene rings is 1. The number of rotatable bonds is 5. The summed E-state index contributed by atoms with van der Waals surface area (Å²) in [4.78, 5) is 35.0. The summed E-state index contributed by atoms with van der Waals surface area (Å²) in [6, 6.07) is 0. The van der Waals surface area contributed by atoms with Gasteiger partial charge in [0.05, 0.1) is 13.0 Å². The van der Waals surface area contributed by atoms with Gasteiger partial charge in [-0.05, 0) is 18.8 Å². The number of methoxy groups -OCH3 is 1. The third-order valence-corrected chi connectivity index (χ3v) is 5.42. The van der Waals surface area contributed by atoms with Gasteiger partial charge in [0.15, 0.2) is 0 Å². The monoisotopic (exact) mass is 349 g/mol. The van der Waals surface area contributed by atoms with E-state index in [2.05, 4.69) is 9.97 Å². The number of aromatic nitrogens is 2. The van der Waals surface area contributed by atoms with Gasteiger partial charge in [0.2, 0.25) is 5.91 Å². The third kappa shape index (κ3) is 3.25. The highest BCUT2D eigenvalue weighted by atomic mass is 32.1. The fourth-order valence-electron chi connectivity index (χ4n) is 3.15. The van der Waals surface area contributed by atoms with E-state index < -0.39 is 5.97 Å². The number of carboxylic acids is 1. The Labute approximate surface area is 143 Å². The first kappa shape index (κ1) is 16.8. The van der Waals surface area contributed by atoms with Crippen LogP contribution in [-0.2, 0) is 9.53 Å². The molecule has 1 amide bonds. The molecular weight excluding hydrogens is 330 g/mol. The van der Waals surface area contributed by atoms with E-state index in [0.29, 0.717) is 41.3 Å². The summed E-state index contributed by atoms with van der Waals surface area (Å²) in [6.45, 7) is 1.68. The number of carboxylic acid groups (broad SMARTS) is 1. The SMILES string of the molecule is COCCC(=O)N1CCC(c2c(C(=O)O)sc3nccnc23)CC1. The van der Waals surface area contributed by atoms with Crippen LogP contribution in [0.2, 0.25) is 0 Å². The second-order valence-corrected chi connectivity index (χ2v) is 6.76. The zero-order valence-electron chi connectivity index (χ0n) is 13.4. The normalized spacial score (nSPS) is 15.8. The molecule has 7 nitrogen and oxygen atoms in total. The number of piperidine rings is 1. The molecule has 24 heavy (non-hydrogen) atoms. The number of amides is 1. The topological polar surface area (TPSA) is 92.6 Å². The molecule has 1 aliphatic rings. The van der Waals surface area contributed by atoms with Crippen LogP contribution in [0.4, 0.5) is 0 Å². The first-order chi connectivity index (χ1) is 11.6. The second-order valence-electron chi connectivity index (χ2n) is 5.76. The summed E-state index contributed by atoms with van der Waals surface area (Å²) in [7, 11) is 1.58. The average molecular weight is 349 g/mol. The Morgan fingerprint density at radius 2 is 2.04 bits per heavy atom. The predicted molar refractivity (Wildman–Crippen MR) is 89.4 cm³/mol. The predicted octanol–water partition coefficient (Wildman–Crippen LogP) is 2.13. The Balaban J connectivity index is 1.79. The molecule has 0 aromatic carbocycles. The largest absolute Gasteiger partial charge is 0.477 e. The molecule has 1 aliphatic heterocycles. The zero-order chi connectivity index (χ0) is 17.1. The number of carbonyl (C=O) groups is 2. The molecule has 0 unspecified atom stereocenters. The first-order valence-corrected chi connectivity index (χ1v) is 8.67. The van der Waals surface area contributed by atoms with E-state index in [-0.39, 0.29) is 11.8 Å². The zero-order valence-corrected chi connectivity index (χ0v) is 14.2. The van der Waals surface area contributed by atoms with E-state index in [1.54, 1.807) is 19.5 Å². The molecule has 8 heteroatoms. The third-order valence-electron chi connectivity index (χ3n) is 4.33. The van der Waals surface area contributed by atoms with Gasteiger partial charge < -0.3 is 14.7 Å². The summed E-state index contributed by atoms with van der Waals surface area (Å²) in [5.74, 6) is -0.759. The van der Waals surface area contributed by atoms with E-state index in [9.17, 15) is 14.7 Å². The van der Waals surface area contributed by atoms with E-state index in [1.165, 1.54) is 11.3 Å². The van der Waals surface area contributed by atoms with Gasteiger partial charge in [0.1, 0.15) is 15.2 Å². The lowest BCUT2D eigenvalue weighted by Gasteiger charge is -2.32. The Hall–Kier alpha value is -2.06. The van der Waals surface area contributed by atoms with E-state index in [1.807, 2.05) is 4.90 Å². The van der Waals surface area contributed by atoms with Gasteiger partial charge in [0.25, 0.3) is 0 Å². The molecule has 128 valence electrons. The van der Waals surface area contributed by atoms with Crippen molar-refractivity contribution in [3.05, 3.63) is 22.8 Å². The lowest BCUT2D eigenvalue weighted by molar-refractivity contribution is -0.133. The van der Waals surface area contributed by atoms with Crippen molar-refractivity contribution in [1.82, 2.24) is 14.9 Å². The van der Waals surface area contributed by atoms with Crippen LogP contribution in [0.25, 0.3) is 10.3 Å². The van der Waals surface area contributed by atoms with Crippen LogP contribution >= 0.6 is 11.3 Å². The number of nitrogens with zero attached hydrogens (tertiary/aromatic N) is 3. The summed E-state index contributed by atoms with van der Waals surface area (Å²) in [6.07, 6.45) is 5.02. The van der Waals surface area contributed by atoms with Crippen molar-refractivity contribution in [3.8, 4) is 0 Å². The smallest absolute Gasteiger partial charge is 0.346 e. The minimum Gasteiger partial charge on any atom is -0.477 e. The highest BCUT2D eigenvalue weighted by molar-refractivity contribution is 7.20. The summed E-state index contributed by atoms with van der Waals surface area (Å²) in [5, 5.41) is 9.51. The molecule has 1 saturated heterocycles. The van der Waals surface area contributed by atoms with Crippen LogP contribution in [0.5, 0.6) is 0 Å². The molecule has 3 heterocycles. The summed E-state index contributed by atoms with van der Waals surface area (Å²) in [5.41, 5.74) is 1.46. The molecule has 0 aliphatic carbocycles. The molecule has 0 spiro atoms. The molecule has 3 rings (SSSR count). The van der Waals surface area contributed by atoms with Gasteiger partial charge in [-0.2, -0.15) is 0 Å². The highest BCUT2D eigenvalue weighted by Gasteiger charge is 2.30. The van der Waals surface area contributed by atoms with Crippen molar-refractivity contribution in [3.63, 3.8) is 0 Å². The maximum atomic E-state index is 12.1. The molecule has 0 saturated carbocycles. The molecule has 1 N–H and O–H groups in total. The number of likely N-dealkylation sites (tertiary alicyclic amines) is 1. The van der Waals surface area contributed by atoms with Gasteiger partial charge >= 0.3 is 5.97 Å². The quantitative estimate of drug-likeness (QED) is 0.889. The molecule has 2 aromatic rings. The molecule has 0 atom stereocenters. The van der Waals surface area contributed by atoms with Crippen LogP contribution in [-0.4, -0.2) is 58.7 Å². The lowest BCUT2D eigenvalue weighted by Crippen LogP contribution is -2.38. The Bertz CT molecular complexity index is 753. The van der Waals surface area contributed by atoms with Crippen LogP contribution in [0.3, 0.4) is 0 Å². The van der Waals surface area contributed by atoms with Gasteiger partial charge in [-0.25, -0.2) is 9.78 Å². The highest BCUT2D eigenvalue weighted by Crippen LogP contribution is 2.38. The second kappa shape index (κ2) is 7.23. The maximum absolute atomic E-state index is 12.1. The van der Waals surface area contributed by atoms with Gasteiger partial charge in [-0.3, -0.25) is 9.78 Å². The number of ether oxygens (including phenoxy) is 1. The Morgan fingerprint density at radius 3 is 2.71 bits per heavy atom. The number of aromatic carboxylic acids is 1. The van der Waals surface area contributed by atoms with Gasteiger partial charge in [-0.15, -0.1) is 11.3 Å². The van der Waals surface area contributed by atoms with Crippen molar-refractivity contribution >= 4 is 33.6 Å². The Morgan fingerprint density at radius 1 is 1.33 bits per heavy atom. The minimum absolute atomic E-state index is 0.0868. The van der Waals surface area contributed by atoms with Crippen molar-refractivity contribution < 1.29 is 19.4 Å². The number of fused-ring (bicyclic) bond motifs is 1. The van der Waals surface area contributed by atoms with Crippen molar-refractivity contribution in [2.24, 2.45) is 0 Å². The van der Waals surface area contributed by atoms with Crippen molar-refractivity contribution in [2.45, 2.75) is 25.2 Å². The van der Waals surface area contributed by atoms with Crippen LogP contribution < -0.4 is 0 Å². The fraction of sp³-hybridized carbons (Fsp3) is 0.500. The molecule has 0 radical (unpaired) electrons. The number of carbonyl (C=O) groups excluding carboxylic acids is 1. The van der Waals surface area contributed by atoms with Crippen LogP contribution in [0.15, 0.2) is 12.4 Å². The minimum atomic E-state index is -0.937. The Kier molecular flexibility index (Phi) is 5.06. The van der Waals surface area contributed by atoms with Crippen molar-refractivity contribution in [2.75, 3.05) is 26.8 Å². The maximum Gasteiger partial charge on any atom is 0.346 e. The molecular formula is C16H19N3O4S. The van der Waals surface area contributed by atoms with Crippen molar-refractivity contribution in [1.29, 1.82) is 0 Å². The average Bonchev–Trinajstić information content (AvgIpc) is 2.99. The molecule has 2 aromatic heterocycles. The molecule has 0 bridgehead atoms. The van der Waals surface area contributed by atoms with Crippen LogP contribution in [0.1, 0.15) is 40.4 Å². The molecule has 1 fully saturated rings.